The van der Waals surface area contributed by atoms with Crippen molar-refractivity contribution in [2.45, 2.75) is 32.4 Å². The van der Waals surface area contributed by atoms with Crippen molar-refractivity contribution in [1.82, 2.24) is 10.2 Å². The lowest BCUT2D eigenvalue weighted by atomic mass is 10.2. The van der Waals surface area contributed by atoms with Crippen molar-refractivity contribution in [1.29, 1.82) is 0 Å². The molecule has 1 fully saturated rings. The van der Waals surface area contributed by atoms with Crippen LogP contribution >= 0.6 is 0 Å². The van der Waals surface area contributed by atoms with Crippen molar-refractivity contribution >= 4 is 0 Å². The molecule has 0 bridgehead atoms. The molecule has 0 aliphatic carbocycles. The molecule has 12 heavy (non-hydrogen) atoms. The van der Waals surface area contributed by atoms with E-state index in [1.165, 1.54) is 0 Å². The van der Waals surface area contributed by atoms with Crippen LogP contribution in [0.5, 0.6) is 0 Å². The van der Waals surface area contributed by atoms with E-state index in [0.29, 0.717) is 19.1 Å². The largest absolute Gasteiger partial charge is 0.307 e. The number of hydrogen-bond donors (Lipinski definition) is 1. The standard InChI is InChI=1S/C8H16F2N2/c1-6(2)12-4-3-11-7(5-12)8(9)10/h6-8,11H,3-5H2,1-2H3. The molecular formula is C8H16F2N2. The second kappa shape index (κ2) is 4.14. The zero-order valence-corrected chi connectivity index (χ0v) is 7.56. The van der Waals surface area contributed by atoms with E-state index in [1.807, 2.05) is 13.8 Å². The van der Waals surface area contributed by atoms with Crippen LogP contribution in [0.1, 0.15) is 13.8 Å². The maximum absolute atomic E-state index is 12.3. The normalized spacial score (nSPS) is 27.0. The first-order valence-electron chi connectivity index (χ1n) is 4.37. The van der Waals surface area contributed by atoms with E-state index >= 15 is 0 Å². The first kappa shape index (κ1) is 9.86. The van der Waals surface area contributed by atoms with Gasteiger partial charge in [-0.25, -0.2) is 8.78 Å². The van der Waals surface area contributed by atoms with Gasteiger partial charge in [-0.1, -0.05) is 0 Å². The molecule has 1 aliphatic heterocycles. The molecule has 1 unspecified atom stereocenters. The van der Waals surface area contributed by atoms with Gasteiger partial charge >= 0.3 is 0 Å². The number of hydrogen-bond acceptors (Lipinski definition) is 2. The highest BCUT2D eigenvalue weighted by Crippen LogP contribution is 2.09. The van der Waals surface area contributed by atoms with E-state index in [4.69, 9.17) is 0 Å². The maximum Gasteiger partial charge on any atom is 0.254 e. The second-order valence-corrected chi connectivity index (χ2v) is 3.48. The van der Waals surface area contributed by atoms with Gasteiger partial charge in [-0.2, -0.15) is 0 Å². The summed E-state index contributed by atoms with van der Waals surface area (Å²) in [5.74, 6) is 0. The topological polar surface area (TPSA) is 15.3 Å². The van der Waals surface area contributed by atoms with Crippen LogP contribution in [-0.2, 0) is 0 Å². The molecule has 0 spiro atoms. The Hall–Kier alpha value is -0.220. The fourth-order valence-corrected chi connectivity index (χ4v) is 1.44. The van der Waals surface area contributed by atoms with Gasteiger partial charge in [0.05, 0.1) is 6.04 Å². The Kier molecular flexibility index (Phi) is 3.40. The average molecular weight is 178 g/mol. The smallest absolute Gasteiger partial charge is 0.254 e. The molecule has 1 rings (SSSR count). The second-order valence-electron chi connectivity index (χ2n) is 3.48. The van der Waals surface area contributed by atoms with Crippen molar-refractivity contribution in [2.75, 3.05) is 19.6 Å². The summed E-state index contributed by atoms with van der Waals surface area (Å²) in [5, 5.41) is 2.81. The Bertz CT molecular complexity index is 125. The number of nitrogens with one attached hydrogen (secondary N) is 1. The molecule has 0 saturated carbocycles. The minimum Gasteiger partial charge on any atom is -0.307 e. The minimum atomic E-state index is -2.24. The van der Waals surface area contributed by atoms with E-state index in [1.54, 1.807) is 0 Å². The zero-order chi connectivity index (χ0) is 9.14. The van der Waals surface area contributed by atoms with Crippen molar-refractivity contribution in [3.8, 4) is 0 Å². The van der Waals surface area contributed by atoms with Gasteiger partial charge in [0.15, 0.2) is 0 Å². The molecule has 2 nitrogen and oxygen atoms in total. The highest BCUT2D eigenvalue weighted by molar-refractivity contribution is 4.81. The molecule has 0 aromatic rings. The molecule has 1 saturated heterocycles. The van der Waals surface area contributed by atoms with Gasteiger partial charge in [-0.15, -0.1) is 0 Å². The zero-order valence-electron chi connectivity index (χ0n) is 7.56. The van der Waals surface area contributed by atoms with Crippen molar-refractivity contribution in [3.63, 3.8) is 0 Å². The Morgan fingerprint density at radius 1 is 1.42 bits per heavy atom. The number of piperazine rings is 1. The van der Waals surface area contributed by atoms with Crippen LogP contribution < -0.4 is 5.32 Å². The fraction of sp³-hybridized carbons (Fsp3) is 1.00. The highest BCUT2D eigenvalue weighted by Gasteiger charge is 2.27. The van der Waals surface area contributed by atoms with Gasteiger partial charge in [-0.05, 0) is 13.8 Å². The molecular weight excluding hydrogens is 162 g/mol. The molecule has 0 radical (unpaired) electrons. The third-order valence-electron chi connectivity index (χ3n) is 2.27. The SMILES string of the molecule is CC(C)N1CCNC(C(F)F)C1. The lowest BCUT2D eigenvalue weighted by Crippen LogP contribution is -2.55. The van der Waals surface area contributed by atoms with Crippen LogP contribution in [0, 0.1) is 0 Å². The molecule has 0 amide bonds. The Balaban J connectivity index is 2.40. The van der Waals surface area contributed by atoms with E-state index in [0.717, 1.165) is 6.54 Å². The van der Waals surface area contributed by atoms with E-state index in [-0.39, 0.29) is 0 Å². The van der Waals surface area contributed by atoms with Crippen LogP contribution in [0.15, 0.2) is 0 Å². The van der Waals surface area contributed by atoms with Crippen LogP contribution in [-0.4, -0.2) is 43.0 Å². The molecule has 1 heterocycles. The monoisotopic (exact) mass is 178 g/mol. The summed E-state index contributed by atoms with van der Waals surface area (Å²) < 4.78 is 24.5. The number of rotatable bonds is 2. The quantitative estimate of drug-likeness (QED) is 0.676. The Labute approximate surface area is 71.9 Å². The number of halogens is 2. The molecule has 1 atom stereocenters. The van der Waals surface area contributed by atoms with E-state index in [2.05, 4.69) is 10.2 Å². The lowest BCUT2D eigenvalue weighted by molar-refractivity contribution is 0.0474. The average Bonchev–Trinajstić information content (AvgIpc) is 2.04. The molecule has 1 N–H and O–H groups in total. The van der Waals surface area contributed by atoms with Gasteiger partial charge in [0.1, 0.15) is 0 Å². The molecule has 4 heteroatoms. The first-order valence-corrected chi connectivity index (χ1v) is 4.37. The van der Waals surface area contributed by atoms with Gasteiger partial charge in [-0.3, -0.25) is 4.90 Å². The van der Waals surface area contributed by atoms with Crippen LogP contribution in [0.2, 0.25) is 0 Å². The van der Waals surface area contributed by atoms with Crippen molar-refractivity contribution in [3.05, 3.63) is 0 Å². The summed E-state index contributed by atoms with van der Waals surface area (Å²) in [6.45, 7) is 6.09. The van der Waals surface area contributed by atoms with E-state index < -0.39 is 12.5 Å². The molecule has 0 aromatic carbocycles. The summed E-state index contributed by atoms with van der Waals surface area (Å²) in [6, 6.07) is -0.269. The molecule has 1 aliphatic rings. The summed E-state index contributed by atoms with van der Waals surface area (Å²) >= 11 is 0. The van der Waals surface area contributed by atoms with Gasteiger partial charge in [0, 0.05) is 25.7 Å². The van der Waals surface area contributed by atoms with Gasteiger partial charge in [0.2, 0.25) is 0 Å². The maximum atomic E-state index is 12.3. The van der Waals surface area contributed by atoms with Crippen LogP contribution in [0.4, 0.5) is 8.78 Å². The minimum absolute atomic E-state index is 0.369. The summed E-state index contributed by atoms with van der Waals surface area (Å²) in [5.41, 5.74) is 0. The fourth-order valence-electron chi connectivity index (χ4n) is 1.44. The Morgan fingerprint density at radius 3 is 2.58 bits per heavy atom. The third kappa shape index (κ3) is 2.38. The molecule has 72 valence electrons. The van der Waals surface area contributed by atoms with Crippen LogP contribution in [0.25, 0.3) is 0 Å². The van der Waals surface area contributed by atoms with Crippen molar-refractivity contribution < 1.29 is 8.78 Å². The molecule has 0 aromatic heterocycles. The first-order chi connectivity index (χ1) is 5.61. The van der Waals surface area contributed by atoms with Crippen LogP contribution in [0.3, 0.4) is 0 Å². The summed E-state index contributed by atoms with van der Waals surface area (Å²) in [4.78, 5) is 2.08. The predicted molar refractivity (Wildman–Crippen MR) is 44.5 cm³/mol. The van der Waals surface area contributed by atoms with E-state index in [9.17, 15) is 8.78 Å². The van der Waals surface area contributed by atoms with Crippen molar-refractivity contribution in [2.24, 2.45) is 0 Å². The number of alkyl halides is 2. The Morgan fingerprint density at radius 2 is 2.08 bits per heavy atom. The highest BCUT2D eigenvalue weighted by atomic mass is 19.3. The lowest BCUT2D eigenvalue weighted by Gasteiger charge is -2.35. The third-order valence-corrected chi connectivity index (χ3v) is 2.27. The van der Waals surface area contributed by atoms with Gasteiger partial charge in [0.25, 0.3) is 6.43 Å². The number of nitrogens with zero attached hydrogens (tertiary/aromatic N) is 1. The summed E-state index contributed by atoms with van der Waals surface area (Å²) in [7, 11) is 0. The summed E-state index contributed by atoms with van der Waals surface area (Å²) in [6.07, 6.45) is -2.24. The van der Waals surface area contributed by atoms with Gasteiger partial charge < -0.3 is 5.32 Å². The predicted octanol–water partition coefficient (Wildman–Crippen LogP) is 0.934.